The molecule has 0 spiro atoms. The van der Waals surface area contributed by atoms with E-state index in [2.05, 4.69) is 10.6 Å². The van der Waals surface area contributed by atoms with Gasteiger partial charge in [-0.05, 0) is 37.0 Å². The van der Waals surface area contributed by atoms with Crippen molar-refractivity contribution in [3.05, 3.63) is 23.8 Å². The minimum absolute atomic E-state index is 0.0321. The van der Waals surface area contributed by atoms with Crippen LogP contribution in [0, 0.1) is 0 Å². The summed E-state index contributed by atoms with van der Waals surface area (Å²) in [7, 11) is 1.58. The molecule has 0 aliphatic carbocycles. The number of fused-ring (bicyclic) bond motifs is 1. The molecular formula is C17H23N3O4. The highest BCUT2D eigenvalue weighted by Crippen LogP contribution is 2.30. The van der Waals surface area contributed by atoms with E-state index < -0.39 is 11.8 Å². The molecule has 7 nitrogen and oxygen atoms in total. The number of rotatable bonds is 5. The molecule has 0 saturated heterocycles. The fraction of sp³-hybridized carbons (Fsp3) is 0.471. The Labute approximate surface area is 141 Å². The van der Waals surface area contributed by atoms with E-state index in [1.54, 1.807) is 24.1 Å². The average Bonchev–Trinajstić information content (AvgIpc) is 2.57. The summed E-state index contributed by atoms with van der Waals surface area (Å²) in [5, 5.41) is 5.10. The number of carbonyl (C=O) groups excluding carboxylic acids is 3. The Morgan fingerprint density at radius 3 is 2.75 bits per heavy atom. The monoisotopic (exact) mass is 333 g/mol. The minimum Gasteiger partial charge on any atom is -0.385 e. The van der Waals surface area contributed by atoms with Crippen LogP contribution in [0.1, 0.15) is 25.3 Å². The van der Waals surface area contributed by atoms with Gasteiger partial charge in [-0.15, -0.1) is 0 Å². The van der Waals surface area contributed by atoms with Gasteiger partial charge in [-0.25, -0.2) is 0 Å². The van der Waals surface area contributed by atoms with Crippen LogP contribution in [-0.4, -0.2) is 44.5 Å². The second-order valence-corrected chi connectivity index (χ2v) is 5.67. The molecular weight excluding hydrogens is 310 g/mol. The Morgan fingerprint density at radius 2 is 2.04 bits per heavy atom. The van der Waals surface area contributed by atoms with Crippen molar-refractivity contribution in [2.45, 2.75) is 26.2 Å². The Bertz CT molecular complexity index is 630. The molecule has 0 radical (unpaired) electrons. The number of ether oxygens (including phenoxy) is 1. The van der Waals surface area contributed by atoms with E-state index in [-0.39, 0.29) is 5.91 Å². The number of anilines is 2. The normalized spacial score (nSPS) is 13.2. The molecule has 0 aromatic heterocycles. The minimum atomic E-state index is -0.724. The van der Waals surface area contributed by atoms with Gasteiger partial charge in [0.1, 0.15) is 0 Å². The molecule has 0 saturated carbocycles. The number of nitrogens with zero attached hydrogens (tertiary/aromatic N) is 1. The predicted molar refractivity (Wildman–Crippen MR) is 90.9 cm³/mol. The van der Waals surface area contributed by atoms with Crippen LogP contribution in [0.15, 0.2) is 18.2 Å². The molecule has 24 heavy (non-hydrogen) atoms. The van der Waals surface area contributed by atoms with Crippen molar-refractivity contribution in [2.75, 3.05) is 37.0 Å². The smallest absolute Gasteiger partial charge is 0.313 e. The van der Waals surface area contributed by atoms with Gasteiger partial charge in [-0.2, -0.15) is 0 Å². The lowest BCUT2D eigenvalue weighted by atomic mass is 10.0. The van der Waals surface area contributed by atoms with Crippen molar-refractivity contribution in [1.82, 2.24) is 5.32 Å². The molecule has 0 atom stereocenters. The summed E-state index contributed by atoms with van der Waals surface area (Å²) in [5.74, 6) is -1.44. The number of benzene rings is 1. The van der Waals surface area contributed by atoms with Crippen LogP contribution < -0.4 is 15.5 Å². The van der Waals surface area contributed by atoms with E-state index in [4.69, 9.17) is 4.74 Å². The second kappa shape index (κ2) is 8.44. The van der Waals surface area contributed by atoms with Crippen LogP contribution in [0.5, 0.6) is 0 Å². The number of hydrogen-bond acceptors (Lipinski definition) is 4. The molecule has 0 fully saturated rings. The van der Waals surface area contributed by atoms with Gasteiger partial charge < -0.3 is 20.3 Å². The van der Waals surface area contributed by atoms with Gasteiger partial charge in [0, 0.05) is 45.1 Å². The van der Waals surface area contributed by atoms with Gasteiger partial charge in [0.2, 0.25) is 5.91 Å². The lowest BCUT2D eigenvalue weighted by Gasteiger charge is -2.29. The van der Waals surface area contributed by atoms with Crippen molar-refractivity contribution in [3.8, 4) is 0 Å². The molecule has 1 aromatic rings. The molecule has 1 aromatic carbocycles. The molecule has 1 aliphatic heterocycles. The highest BCUT2D eigenvalue weighted by Gasteiger charge is 2.21. The zero-order valence-electron chi connectivity index (χ0n) is 14.1. The van der Waals surface area contributed by atoms with Crippen LogP contribution >= 0.6 is 0 Å². The zero-order chi connectivity index (χ0) is 17.5. The van der Waals surface area contributed by atoms with Crippen molar-refractivity contribution >= 4 is 29.1 Å². The van der Waals surface area contributed by atoms with E-state index in [0.717, 1.165) is 24.1 Å². The molecule has 1 aliphatic rings. The number of carbonyl (C=O) groups is 3. The van der Waals surface area contributed by atoms with Crippen LogP contribution in [0.25, 0.3) is 0 Å². The Kier molecular flexibility index (Phi) is 6.31. The lowest BCUT2D eigenvalue weighted by Crippen LogP contribution is -2.36. The van der Waals surface area contributed by atoms with Crippen molar-refractivity contribution in [2.24, 2.45) is 0 Å². The Balaban J connectivity index is 2.00. The van der Waals surface area contributed by atoms with Crippen LogP contribution in [0.4, 0.5) is 11.4 Å². The number of nitrogens with one attached hydrogen (secondary N) is 2. The average molecular weight is 333 g/mol. The molecule has 7 heteroatoms. The molecule has 0 bridgehead atoms. The lowest BCUT2D eigenvalue weighted by molar-refractivity contribution is -0.136. The fourth-order valence-corrected chi connectivity index (χ4v) is 2.67. The third-order valence-electron chi connectivity index (χ3n) is 3.86. The van der Waals surface area contributed by atoms with Crippen molar-refractivity contribution in [3.63, 3.8) is 0 Å². The summed E-state index contributed by atoms with van der Waals surface area (Å²) in [6, 6.07) is 5.38. The van der Waals surface area contributed by atoms with E-state index in [1.165, 1.54) is 6.92 Å². The number of aryl methyl sites for hydroxylation is 1. The van der Waals surface area contributed by atoms with E-state index in [1.807, 2.05) is 6.07 Å². The molecule has 0 unspecified atom stereocenters. The maximum Gasteiger partial charge on any atom is 0.313 e. The van der Waals surface area contributed by atoms with Gasteiger partial charge in [0.15, 0.2) is 0 Å². The standard InChI is InChI=1S/C17H23N3O4/c1-12(21)20-9-3-5-13-6-7-14(11-15(13)20)19-17(23)16(22)18-8-4-10-24-2/h6-7,11H,3-5,8-10H2,1-2H3,(H,18,22)(H,19,23). The second-order valence-electron chi connectivity index (χ2n) is 5.67. The summed E-state index contributed by atoms with van der Waals surface area (Å²) in [4.78, 5) is 37.1. The van der Waals surface area contributed by atoms with Crippen LogP contribution in [-0.2, 0) is 25.5 Å². The Morgan fingerprint density at radius 1 is 1.25 bits per heavy atom. The van der Waals surface area contributed by atoms with Gasteiger partial charge >= 0.3 is 11.8 Å². The van der Waals surface area contributed by atoms with E-state index >= 15 is 0 Å². The number of amides is 3. The Hall–Kier alpha value is -2.41. The first kappa shape index (κ1) is 17.9. The van der Waals surface area contributed by atoms with Crippen LogP contribution in [0.2, 0.25) is 0 Å². The summed E-state index contributed by atoms with van der Waals surface area (Å²) in [5.41, 5.74) is 2.37. The van der Waals surface area contributed by atoms with Crippen LogP contribution in [0.3, 0.4) is 0 Å². The summed E-state index contributed by atoms with van der Waals surface area (Å²) < 4.78 is 4.88. The fourth-order valence-electron chi connectivity index (χ4n) is 2.67. The third-order valence-corrected chi connectivity index (χ3v) is 3.86. The maximum absolute atomic E-state index is 11.9. The highest BCUT2D eigenvalue weighted by atomic mass is 16.5. The third kappa shape index (κ3) is 4.55. The van der Waals surface area contributed by atoms with Gasteiger partial charge in [-0.1, -0.05) is 6.07 Å². The van der Waals surface area contributed by atoms with Gasteiger partial charge in [0.05, 0.1) is 0 Å². The quantitative estimate of drug-likeness (QED) is 0.623. The number of methoxy groups -OCH3 is 1. The molecule has 130 valence electrons. The van der Waals surface area contributed by atoms with E-state index in [9.17, 15) is 14.4 Å². The molecule has 2 rings (SSSR count). The molecule has 1 heterocycles. The van der Waals surface area contributed by atoms with Gasteiger partial charge in [0.25, 0.3) is 0 Å². The molecule has 2 N–H and O–H groups in total. The largest absolute Gasteiger partial charge is 0.385 e. The highest BCUT2D eigenvalue weighted by molar-refractivity contribution is 6.39. The van der Waals surface area contributed by atoms with Crippen molar-refractivity contribution in [1.29, 1.82) is 0 Å². The number of hydrogen-bond donors (Lipinski definition) is 2. The summed E-state index contributed by atoms with van der Waals surface area (Å²) in [6.45, 7) is 3.09. The topological polar surface area (TPSA) is 87.7 Å². The predicted octanol–water partition coefficient (Wildman–Crippen LogP) is 1.08. The first-order valence-electron chi connectivity index (χ1n) is 8.02. The summed E-state index contributed by atoms with van der Waals surface area (Å²) >= 11 is 0. The SMILES string of the molecule is COCCCNC(=O)C(=O)Nc1ccc2c(c1)N(C(C)=O)CCC2. The van der Waals surface area contributed by atoms with E-state index in [0.29, 0.717) is 31.8 Å². The van der Waals surface area contributed by atoms with Crippen molar-refractivity contribution < 1.29 is 19.1 Å². The molecule has 3 amide bonds. The maximum atomic E-state index is 11.9. The summed E-state index contributed by atoms with van der Waals surface area (Å²) in [6.07, 6.45) is 2.46. The first-order chi connectivity index (χ1) is 11.5. The first-order valence-corrected chi connectivity index (χ1v) is 8.02. The zero-order valence-corrected chi connectivity index (χ0v) is 14.1. The van der Waals surface area contributed by atoms with Gasteiger partial charge in [-0.3, -0.25) is 14.4 Å².